The normalized spacial score (nSPS) is 16.7. The number of morpholine rings is 1. The van der Waals surface area contributed by atoms with Crippen molar-refractivity contribution in [2.45, 2.75) is 25.8 Å². The van der Waals surface area contributed by atoms with Crippen LogP contribution in [0.3, 0.4) is 0 Å². The van der Waals surface area contributed by atoms with Crippen LogP contribution in [0.2, 0.25) is 0 Å². The monoisotopic (exact) mass is 421 g/mol. The van der Waals surface area contributed by atoms with Crippen molar-refractivity contribution >= 4 is 28.5 Å². The van der Waals surface area contributed by atoms with Gasteiger partial charge in [-0.25, -0.2) is 4.68 Å². The van der Waals surface area contributed by atoms with Crippen LogP contribution >= 0.6 is 0 Å². The maximum absolute atomic E-state index is 12.7. The minimum atomic E-state index is 0.0932. The van der Waals surface area contributed by atoms with Crippen LogP contribution in [0.25, 0.3) is 22.2 Å². The Kier molecular flexibility index (Phi) is 5.23. The fourth-order valence-electron chi connectivity index (χ4n) is 4.53. The lowest BCUT2D eigenvalue weighted by Crippen LogP contribution is -2.41. The number of hydrogen-bond donors (Lipinski definition) is 0. The third-order valence-electron chi connectivity index (χ3n) is 6.18. The van der Waals surface area contributed by atoms with Crippen LogP contribution in [0, 0.1) is 0 Å². The summed E-state index contributed by atoms with van der Waals surface area (Å²) >= 11 is 0. The smallest absolute Gasteiger partial charge is 0.229 e. The summed E-state index contributed by atoms with van der Waals surface area (Å²) in [5.41, 5.74) is 3.09. The van der Waals surface area contributed by atoms with E-state index in [0.717, 1.165) is 28.0 Å². The minimum Gasteiger partial charge on any atom is -0.378 e. The molecule has 2 amide bonds. The summed E-state index contributed by atoms with van der Waals surface area (Å²) < 4.78 is 9.33. The van der Waals surface area contributed by atoms with Crippen molar-refractivity contribution in [2.75, 3.05) is 37.7 Å². The standard InChI is InChI=1S/C23H27N5O3/c1-25-16-18(17-5-2-3-6-20(17)25)19-15-21-27(23(30)8-10-28(21)24-19)9-4-7-22(29)26-11-13-31-14-12-26/h2-3,5-6,15-16H,4,7-14H2,1H3. The number of benzene rings is 1. The highest BCUT2D eigenvalue weighted by Crippen LogP contribution is 2.33. The van der Waals surface area contributed by atoms with E-state index in [2.05, 4.69) is 22.9 Å². The van der Waals surface area contributed by atoms with E-state index in [1.54, 1.807) is 4.90 Å². The van der Waals surface area contributed by atoms with Gasteiger partial charge in [0.1, 0.15) is 5.82 Å². The first-order valence-corrected chi connectivity index (χ1v) is 10.9. The minimum absolute atomic E-state index is 0.0932. The Labute approximate surface area is 181 Å². The van der Waals surface area contributed by atoms with Gasteiger partial charge in [0.05, 0.1) is 25.5 Å². The van der Waals surface area contributed by atoms with E-state index in [1.807, 2.05) is 34.8 Å². The largest absolute Gasteiger partial charge is 0.378 e. The van der Waals surface area contributed by atoms with Crippen molar-refractivity contribution in [3.63, 3.8) is 0 Å². The molecule has 31 heavy (non-hydrogen) atoms. The highest BCUT2D eigenvalue weighted by Gasteiger charge is 2.27. The van der Waals surface area contributed by atoms with Crippen LogP contribution in [0.1, 0.15) is 19.3 Å². The zero-order valence-electron chi connectivity index (χ0n) is 17.8. The number of carbonyl (C=O) groups excluding carboxylic acids is 2. The number of para-hydroxylation sites is 1. The molecule has 2 aliphatic rings. The van der Waals surface area contributed by atoms with Crippen LogP contribution in [0.15, 0.2) is 36.5 Å². The van der Waals surface area contributed by atoms with Crippen molar-refractivity contribution < 1.29 is 14.3 Å². The zero-order valence-corrected chi connectivity index (χ0v) is 17.8. The predicted molar refractivity (Wildman–Crippen MR) is 118 cm³/mol. The molecule has 0 unspecified atom stereocenters. The van der Waals surface area contributed by atoms with Crippen molar-refractivity contribution in [2.24, 2.45) is 7.05 Å². The van der Waals surface area contributed by atoms with Crippen molar-refractivity contribution in [1.82, 2.24) is 19.2 Å². The molecule has 0 bridgehead atoms. The SMILES string of the molecule is Cn1cc(-c2cc3n(n2)CCC(=O)N3CCCC(=O)N2CCOCC2)c2ccccc21. The number of ether oxygens (including phenoxy) is 1. The van der Waals surface area contributed by atoms with Gasteiger partial charge in [0.2, 0.25) is 11.8 Å². The summed E-state index contributed by atoms with van der Waals surface area (Å²) in [6.45, 7) is 3.63. The zero-order chi connectivity index (χ0) is 21.4. The molecule has 1 fully saturated rings. The lowest BCUT2D eigenvalue weighted by atomic mass is 10.1. The van der Waals surface area contributed by atoms with Gasteiger partial charge in [0.25, 0.3) is 0 Å². The molecule has 0 N–H and O–H groups in total. The average molecular weight is 422 g/mol. The molecule has 5 rings (SSSR count). The van der Waals surface area contributed by atoms with Crippen LogP contribution in [0.5, 0.6) is 0 Å². The second kappa shape index (κ2) is 8.19. The molecule has 2 aliphatic heterocycles. The molecule has 0 aliphatic carbocycles. The molecule has 2 aromatic heterocycles. The topological polar surface area (TPSA) is 72.6 Å². The summed E-state index contributed by atoms with van der Waals surface area (Å²) in [6.07, 6.45) is 3.60. The average Bonchev–Trinajstić information content (AvgIpc) is 3.37. The second-order valence-corrected chi connectivity index (χ2v) is 8.17. The molecule has 162 valence electrons. The third kappa shape index (κ3) is 3.72. The van der Waals surface area contributed by atoms with E-state index >= 15 is 0 Å². The van der Waals surface area contributed by atoms with Crippen LogP contribution in [-0.2, 0) is 27.9 Å². The van der Waals surface area contributed by atoms with Gasteiger partial charge < -0.3 is 14.2 Å². The Hall–Kier alpha value is -3.13. The Balaban J connectivity index is 1.34. The number of amides is 2. The van der Waals surface area contributed by atoms with E-state index in [1.165, 1.54) is 0 Å². The lowest BCUT2D eigenvalue weighted by Gasteiger charge is -2.29. The molecule has 0 spiro atoms. The number of hydrogen-bond acceptors (Lipinski definition) is 4. The molecule has 8 nitrogen and oxygen atoms in total. The quantitative estimate of drug-likeness (QED) is 0.634. The van der Waals surface area contributed by atoms with Crippen molar-refractivity contribution in [3.8, 4) is 11.3 Å². The number of aromatic nitrogens is 3. The molecule has 1 aromatic carbocycles. The summed E-state index contributed by atoms with van der Waals surface area (Å²) in [5.74, 6) is 1.05. The van der Waals surface area contributed by atoms with E-state index in [4.69, 9.17) is 9.84 Å². The fraction of sp³-hybridized carbons (Fsp3) is 0.435. The van der Waals surface area contributed by atoms with Crippen LogP contribution in [-0.4, -0.2) is 63.9 Å². The first-order chi connectivity index (χ1) is 15.1. The molecule has 0 saturated carbocycles. The molecule has 8 heteroatoms. The maximum Gasteiger partial charge on any atom is 0.229 e. The molecule has 4 heterocycles. The molecular formula is C23H27N5O3. The molecule has 1 saturated heterocycles. The molecule has 0 atom stereocenters. The van der Waals surface area contributed by atoms with E-state index in [0.29, 0.717) is 58.7 Å². The lowest BCUT2D eigenvalue weighted by molar-refractivity contribution is -0.135. The number of nitrogens with zero attached hydrogens (tertiary/aromatic N) is 5. The van der Waals surface area contributed by atoms with Gasteiger partial charge in [-0.15, -0.1) is 0 Å². The fourth-order valence-corrected chi connectivity index (χ4v) is 4.53. The van der Waals surface area contributed by atoms with Gasteiger partial charge in [-0.2, -0.15) is 5.10 Å². The van der Waals surface area contributed by atoms with E-state index < -0.39 is 0 Å². The summed E-state index contributed by atoms with van der Waals surface area (Å²) in [7, 11) is 2.03. The Morgan fingerprint density at radius 1 is 1.16 bits per heavy atom. The number of fused-ring (bicyclic) bond motifs is 2. The third-order valence-corrected chi connectivity index (χ3v) is 6.18. The van der Waals surface area contributed by atoms with Gasteiger partial charge >= 0.3 is 0 Å². The highest BCUT2D eigenvalue weighted by atomic mass is 16.5. The Morgan fingerprint density at radius 3 is 2.81 bits per heavy atom. The molecular weight excluding hydrogens is 394 g/mol. The van der Waals surface area contributed by atoms with Crippen molar-refractivity contribution in [1.29, 1.82) is 0 Å². The maximum atomic E-state index is 12.7. The first kappa shape index (κ1) is 19.8. The molecule has 0 radical (unpaired) electrons. The van der Waals surface area contributed by atoms with Crippen molar-refractivity contribution in [3.05, 3.63) is 36.5 Å². The molecule has 3 aromatic rings. The van der Waals surface area contributed by atoms with E-state index in [-0.39, 0.29) is 11.8 Å². The Morgan fingerprint density at radius 2 is 1.97 bits per heavy atom. The number of anilines is 1. The highest BCUT2D eigenvalue weighted by molar-refractivity contribution is 5.98. The number of rotatable bonds is 5. The first-order valence-electron chi connectivity index (χ1n) is 10.9. The summed E-state index contributed by atoms with van der Waals surface area (Å²) in [4.78, 5) is 28.7. The van der Waals surface area contributed by atoms with Gasteiger partial charge in [0.15, 0.2) is 0 Å². The van der Waals surface area contributed by atoms with Crippen LogP contribution < -0.4 is 4.90 Å². The predicted octanol–water partition coefficient (Wildman–Crippen LogP) is 2.42. The summed E-state index contributed by atoms with van der Waals surface area (Å²) in [5, 5.41) is 5.95. The summed E-state index contributed by atoms with van der Waals surface area (Å²) in [6, 6.07) is 10.3. The number of aryl methyl sites for hydroxylation is 2. The van der Waals surface area contributed by atoms with Gasteiger partial charge in [-0.1, -0.05) is 18.2 Å². The second-order valence-electron chi connectivity index (χ2n) is 8.17. The van der Waals surface area contributed by atoms with Gasteiger partial charge in [-0.05, 0) is 12.5 Å². The Bertz CT molecular complexity index is 1130. The number of carbonyl (C=O) groups is 2. The van der Waals surface area contributed by atoms with E-state index in [9.17, 15) is 9.59 Å². The van der Waals surface area contributed by atoms with Gasteiger partial charge in [-0.3, -0.25) is 14.5 Å². The van der Waals surface area contributed by atoms with Gasteiger partial charge in [0, 0.05) is 68.3 Å². The van der Waals surface area contributed by atoms with Crippen LogP contribution in [0.4, 0.5) is 5.82 Å².